The van der Waals surface area contributed by atoms with Gasteiger partial charge in [-0.25, -0.2) is 9.78 Å². The topological polar surface area (TPSA) is 54.5 Å². The van der Waals surface area contributed by atoms with Gasteiger partial charge in [-0.3, -0.25) is 4.90 Å². The number of carbonyl (C=O) groups is 1. The maximum absolute atomic E-state index is 12.3. The van der Waals surface area contributed by atoms with Crippen LogP contribution in [0.2, 0.25) is 0 Å². The Morgan fingerprint density at radius 1 is 1.48 bits per heavy atom. The number of carbonyl (C=O) groups excluding carboxylic acids is 1. The van der Waals surface area contributed by atoms with Crippen LogP contribution in [-0.4, -0.2) is 41.7 Å². The molecule has 1 aromatic rings. The van der Waals surface area contributed by atoms with Gasteiger partial charge >= 0.3 is 6.09 Å². The fraction of sp³-hybridized carbons (Fsp3) is 0.500. The van der Waals surface area contributed by atoms with Crippen LogP contribution in [-0.2, 0) is 4.74 Å². The fourth-order valence-electron chi connectivity index (χ4n) is 2.72. The summed E-state index contributed by atoms with van der Waals surface area (Å²) in [7, 11) is 1.83. The maximum atomic E-state index is 12.3. The highest BCUT2D eigenvalue weighted by molar-refractivity contribution is 5.70. The molecule has 5 nitrogen and oxygen atoms in total. The zero-order valence-electron chi connectivity index (χ0n) is 15.7. The first-order valence-corrected chi connectivity index (χ1v) is 8.65. The number of nitrogens with one attached hydrogen (secondary N) is 1. The second-order valence-corrected chi connectivity index (χ2v) is 7.03. The van der Waals surface area contributed by atoms with Crippen LogP contribution in [0.25, 0.3) is 0 Å². The zero-order valence-corrected chi connectivity index (χ0v) is 15.7. The minimum Gasteiger partial charge on any atom is -0.449 e. The third-order valence-corrected chi connectivity index (χ3v) is 4.28. The van der Waals surface area contributed by atoms with Crippen molar-refractivity contribution < 1.29 is 9.53 Å². The molecule has 134 valence electrons. The lowest BCUT2D eigenvalue weighted by atomic mass is 9.95. The summed E-state index contributed by atoms with van der Waals surface area (Å²) in [5, 5.41) is 3.00. The van der Waals surface area contributed by atoms with Crippen molar-refractivity contribution in [1.82, 2.24) is 9.88 Å². The number of rotatable bonds is 3. The summed E-state index contributed by atoms with van der Waals surface area (Å²) in [5.41, 5.74) is 1.46. The molecule has 5 heteroatoms. The predicted octanol–water partition coefficient (Wildman–Crippen LogP) is 3.68. The third kappa shape index (κ3) is 4.76. The molecule has 2 heterocycles. The van der Waals surface area contributed by atoms with Gasteiger partial charge < -0.3 is 10.1 Å². The molecule has 1 aliphatic rings. The quantitative estimate of drug-likeness (QED) is 0.852. The Morgan fingerprint density at radius 2 is 2.24 bits per heavy atom. The third-order valence-electron chi connectivity index (χ3n) is 4.28. The van der Waals surface area contributed by atoms with Gasteiger partial charge in [0, 0.05) is 13.6 Å². The van der Waals surface area contributed by atoms with Crippen LogP contribution in [0, 0.1) is 17.8 Å². The lowest BCUT2D eigenvalue weighted by Crippen LogP contribution is -2.44. The van der Waals surface area contributed by atoms with Gasteiger partial charge in [0.2, 0.25) is 0 Å². The highest BCUT2D eigenvalue weighted by atomic mass is 16.6. The molecule has 1 aliphatic heterocycles. The normalized spacial score (nSPS) is 17.4. The number of amides is 1. The molecule has 1 amide bonds. The molecular weight excluding hydrogens is 314 g/mol. The second-order valence-electron chi connectivity index (χ2n) is 7.03. The monoisotopic (exact) mass is 341 g/mol. The van der Waals surface area contributed by atoms with E-state index in [1.165, 1.54) is 0 Å². The van der Waals surface area contributed by atoms with Crippen LogP contribution in [0.1, 0.15) is 39.8 Å². The van der Waals surface area contributed by atoms with E-state index in [1.807, 2.05) is 59.0 Å². The Morgan fingerprint density at radius 3 is 2.92 bits per heavy atom. The Labute approximate surface area is 150 Å². The van der Waals surface area contributed by atoms with Gasteiger partial charge in [-0.2, -0.15) is 0 Å². The van der Waals surface area contributed by atoms with E-state index in [9.17, 15) is 4.79 Å². The molecule has 0 spiro atoms. The van der Waals surface area contributed by atoms with Crippen molar-refractivity contribution in [3.63, 3.8) is 0 Å². The van der Waals surface area contributed by atoms with Gasteiger partial charge in [-0.05, 0) is 55.9 Å². The van der Waals surface area contributed by atoms with Crippen LogP contribution >= 0.6 is 0 Å². The van der Waals surface area contributed by atoms with E-state index in [-0.39, 0.29) is 11.6 Å². The summed E-state index contributed by atoms with van der Waals surface area (Å²) in [6.45, 7) is 9.22. The van der Waals surface area contributed by atoms with Gasteiger partial charge in [-0.15, -0.1) is 0 Å². The van der Waals surface area contributed by atoms with Crippen LogP contribution in [0.5, 0.6) is 0 Å². The summed E-state index contributed by atoms with van der Waals surface area (Å²) in [5.74, 6) is 7.26. The summed E-state index contributed by atoms with van der Waals surface area (Å²) < 4.78 is 5.38. The van der Waals surface area contributed by atoms with E-state index in [1.54, 1.807) is 4.90 Å². The van der Waals surface area contributed by atoms with Crippen LogP contribution in [0.3, 0.4) is 0 Å². The van der Waals surface area contributed by atoms with E-state index in [0.717, 1.165) is 17.8 Å². The Balaban J connectivity index is 2.09. The molecular formula is C20H27N3O2. The average molecular weight is 341 g/mol. The molecule has 1 saturated heterocycles. The number of ether oxygens (including phenoxy) is 1. The number of hydrogen-bond acceptors (Lipinski definition) is 4. The lowest BCUT2D eigenvalue weighted by molar-refractivity contribution is 0.0770. The molecule has 25 heavy (non-hydrogen) atoms. The Hall–Kier alpha value is -2.48. The van der Waals surface area contributed by atoms with Crippen molar-refractivity contribution >= 4 is 11.9 Å². The first-order chi connectivity index (χ1) is 11.8. The number of aromatic nitrogens is 1. The number of allylic oxidation sites excluding steroid dienone is 1. The second kappa shape index (κ2) is 8.06. The van der Waals surface area contributed by atoms with Gasteiger partial charge in [0.15, 0.2) is 0 Å². The van der Waals surface area contributed by atoms with Crippen molar-refractivity contribution in [3.05, 3.63) is 35.5 Å². The number of anilines is 1. The van der Waals surface area contributed by atoms with Crippen molar-refractivity contribution in [3.8, 4) is 11.8 Å². The standard InChI is InChI=1S/C20H27N3O2/c1-15(2)14-25-19(24)23-13-12-16(20(23,3)4)8-6-9-17-10-7-11-18(21-5)22-17/h7-8,10-11,15H,12-14H2,1-5H3,(H,21,22)/b16-8+. The van der Waals surface area contributed by atoms with Gasteiger partial charge in [0.1, 0.15) is 11.5 Å². The summed E-state index contributed by atoms with van der Waals surface area (Å²) in [4.78, 5) is 18.5. The molecule has 1 fully saturated rings. The number of hydrogen-bond donors (Lipinski definition) is 1. The molecule has 0 bridgehead atoms. The van der Waals surface area contributed by atoms with E-state index in [0.29, 0.717) is 24.8 Å². The molecule has 1 aromatic heterocycles. The van der Waals surface area contributed by atoms with Crippen LogP contribution in [0.15, 0.2) is 29.8 Å². The van der Waals surface area contributed by atoms with Crippen molar-refractivity contribution in [2.45, 2.75) is 39.7 Å². The Kier molecular flexibility index (Phi) is 6.08. The van der Waals surface area contributed by atoms with Crippen LogP contribution in [0.4, 0.5) is 10.6 Å². The van der Waals surface area contributed by atoms with Gasteiger partial charge in [0.05, 0.1) is 12.1 Å². The molecule has 0 aliphatic carbocycles. The van der Waals surface area contributed by atoms with Gasteiger partial charge in [-0.1, -0.05) is 25.8 Å². The SMILES string of the molecule is CNc1cccc(C#C/C=C2\CCN(C(=O)OCC(C)C)C2(C)C)n1. The van der Waals surface area contributed by atoms with Crippen molar-refractivity contribution in [2.75, 3.05) is 25.5 Å². The molecule has 0 aromatic carbocycles. The van der Waals surface area contributed by atoms with E-state index in [4.69, 9.17) is 4.74 Å². The zero-order chi connectivity index (χ0) is 18.4. The van der Waals surface area contributed by atoms with Gasteiger partial charge in [0.25, 0.3) is 0 Å². The van der Waals surface area contributed by atoms with E-state index >= 15 is 0 Å². The summed E-state index contributed by atoms with van der Waals surface area (Å²) in [6, 6.07) is 5.69. The highest BCUT2D eigenvalue weighted by Crippen LogP contribution is 2.34. The molecule has 0 unspecified atom stereocenters. The predicted molar refractivity (Wildman–Crippen MR) is 100 cm³/mol. The van der Waals surface area contributed by atoms with Crippen molar-refractivity contribution in [2.24, 2.45) is 5.92 Å². The number of nitrogens with zero attached hydrogens (tertiary/aromatic N) is 2. The minimum atomic E-state index is -0.386. The molecule has 1 N–H and O–H groups in total. The summed E-state index contributed by atoms with van der Waals surface area (Å²) >= 11 is 0. The highest BCUT2D eigenvalue weighted by Gasteiger charge is 2.40. The number of likely N-dealkylation sites (tertiary alicyclic amines) is 1. The lowest BCUT2D eigenvalue weighted by Gasteiger charge is -2.31. The van der Waals surface area contributed by atoms with Crippen LogP contribution < -0.4 is 5.32 Å². The van der Waals surface area contributed by atoms with E-state index < -0.39 is 0 Å². The first kappa shape index (κ1) is 18.9. The smallest absolute Gasteiger partial charge is 0.410 e. The molecule has 0 radical (unpaired) electrons. The molecule has 2 rings (SSSR count). The van der Waals surface area contributed by atoms with E-state index in [2.05, 4.69) is 22.1 Å². The summed E-state index contributed by atoms with van der Waals surface area (Å²) in [6.07, 6.45) is 2.46. The molecule has 0 atom stereocenters. The fourth-order valence-corrected chi connectivity index (χ4v) is 2.72. The maximum Gasteiger partial charge on any atom is 0.410 e. The largest absolute Gasteiger partial charge is 0.449 e. The molecule has 0 saturated carbocycles. The number of pyridine rings is 1. The van der Waals surface area contributed by atoms with Crippen molar-refractivity contribution in [1.29, 1.82) is 0 Å². The first-order valence-electron chi connectivity index (χ1n) is 8.65. The Bertz CT molecular complexity index is 711. The average Bonchev–Trinajstić information content (AvgIpc) is 2.87. The minimum absolute atomic E-state index is 0.251.